The quantitative estimate of drug-likeness (QED) is 0.836. The minimum atomic E-state index is -0.881. The predicted molar refractivity (Wildman–Crippen MR) is 83.8 cm³/mol. The van der Waals surface area contributed by atoms with Crippen LogP contribution in [-0.2, 0) is 11.3 Å². The first kappa shape index (κ1) is 17.0. The summed E-state index contributed by atoms with van der Waals surface area (Å²) < 4.78 is 7.05. The van der Waals surface area contributed by atoms with E-state index >= 15 is 0 Å². The van der Waals surface area contributed by atoms with E-state index in [0.29, 0.717) is 38.5 Å². The number of ether oxygens (including phenoxy) is 1. The maximum Gasteiger partial charge on any atom is 0.272 e. The molecule has 1 aliphatic rings. The average Bonchev–Trinajstić information content (AvgIpc) is 2.87. The molecule has 1 saturated heterocycles. The van der Waals surface area contributed by atoms with Crippen molar-refractivity contribution in [1.82, 2.24) is 14.7 Å². The number of aliphatic hydroxyl groups is 1. The number of hydrogen-bond donors (Lipinski definition) is 1. The Morgan fingerprint density at radius 3 is 2.64 bits per heavy atom. The summed E-state index contributed by atoms with van der Waals surface area (Å²) in [5.41, 5.74) is 0.164. The zero-order valence-electron chi connectivity index (χ0n) is 14.2. The second kappa shape index (κ2) is 6.01. The Bertz CT molecular complexity index is 533. The summed E-state index contributed by atoms with van der Waals surface area (Å²) in [6.45, 7) is 12.2. The van der Waals surface area contributed by atoms with Crippen molar-refractivity contribution in [3.05, 3.63) is 17.5 Å². The van der Waals surface area contributed by atoms with Gasteiger partial charge in [0.1, 0.15) is 5.69 Å². The summed E-state index contributed by atoms with van der Waals surface area (Å²) in [5.74, 6) is -0.0806. The molecule has 124 valence electrons. The Hall–Kier alpha value is -1.40. The number of amides is 1. The van der Waals surface area contributed by atoms with Gasteiger partial charge in [-0.1, -0.05) is 13.8 Å². The molecule has 6 heteroatoms. The molecule has 0 saturated carbocycles. The number of carbonyl (C=O) groups excluding carboxylic acids is 1. The Morgan fingerprint density at radius 2 is 2.09 bits per heavy atom. The summed E-state index contributed by atoms with van der Waals surface area (Å²) in [6, 6.07) is 1.80. The van der Waals surface area contributed by atoms with Crippen molar-refractivity contribution in [2.24, 2.45) is 5.41 Å². The standard InChI is InChI=1S/C16H27N3O3/c1-6-22-8-7-19-13(9-12(2)17-19)14(20)18-10-15(3,4)16(5,21)11-18/h9,21H,6-8,10-11H2,1-5H3/t16-/m1/s1. The molecule has 2 rings (SSSR count). The number of carbonyl (C=O) groups is 1. The molecule has 6 nitrogen and oxygen atoms in total. The van der Waals surface area contributed by atoms with Crippen LogP contribution in [0.15, 0.2) is 6.07 Å². The van der Waals surface area contributed by atoms with Crippen LogP contribution in [0.25, 0.3) is 0 Å². The Balaban J connectivity index is 2.17. The van der Waals surface area contributed by atoms with E-state index in [4.69, 9.17) is 4.74 Å². The van der Waals surface area contributed by atoms with Crippen molar-refractivity contribution in [3.8, 4) is 0 Å². The molecule has 1 aliphatic heterocycles. The van der Waals surface area contributed by atoms with E-state index in [-0.39, 0.29) is 11.3 Å². The number of β-amino-alcohol motifs (C(OH)–C–C–N with tert-alkyl or cyclic N) is 1. The number of aromatic nitrogens is 2. The third-order valence-corrected chi connectivity index (χ3v) is 4.60. The monoisotopic (exact) mass is 309 g/mol. The van der Waals surface area contributed by atoms with Gasteiger partial charge in [0.05, 0.1) is 31.0 Å². The summed E-state index contributed by atoms with van der Waals surface area (Å²) >= 11 is 0. The first-order valence-corrected chi connectivity index (χ1v) is 7.82. The lowest BCUT2D eigenvalue weighted by atomic mass is 9.79. The largest absolute Gasteiger partial charge is 0.388 e. The van der Waals surface area contributed by atoms with E-state index in [9.17, 15) is 9.90 Å². The van der Waals surface area contributed by atoms with Gasteiger partial charge in [-0.25, -0.2) is 0 Å². The van der Waals surface area contributed by atoms with E-state index in [1.807, 2.05) is 27.7 Å². The van der Waals surface area contributed by atoms with Gasteiger partial charge in [-0.3, -0.25) is 9.48 Å². The molecule has 0 unspecified atom stereocenters. The Kier molecular flexibility index (Phi) is 4.63. The lowest BCUT2D eigenvalue weighted by Crippen LogP contribution is -2.40. The van der Waals surface area contributed by atoms with Crippen LogP contribution in [0.1, 0.15) is 43.9 Å². The fourth-order valence-corrected chi connectivity index (χ4v) is 2.78. The van der Waals surface area contributed by atoms with Crippen LogP contribution in [0.2, 0.25) is 0 Å². The molecule has 0 radical (unpaired) electrons. The molecular formula is C16H27N3O3. The van der Waals surface area contributed by atoms with E-state index in [2.05, 4.69) is 5.10 Å². The highest BCUT2D eigenvalue weighted by molar-refractivity contribution is 5.93. The van der Waals surface area contributed by atoms with Crippen molar-refractivity contribution in [3.63, 3.8) is 0 Å². The third-order valence-electron chi connectivity index (χ3n) is 4.60. The molecule has 1 aromatic rings. The first-order chi connectivity index (χ1) is 10.2. The van der Waals surface area contributed by atoms with Gasteiger partial charge in [0.15, 0.2) is 0 Å². The van der Waals surface area contributed by atoms with Gasteiger partial charge in [-0.05, 0) is 26.8 Å². The minimum Gasteiger partial charge on any atom is -0.388 e. The van der Waals surface area contributed by atoms with E-state index in [1.54, 1.807) is 22.6 Å². The van der Waals surface area contributed by atoms with Crippen LogP contribution in [0.3, 0.4) is 0 Å². The maximum absolute atomic E-state index is 12.8. The second-order valence-electron chi connectivity index (χ2n) is 6.91. The van der Waals surface area contributed by atoms with Crippen molar-refractivity contribution in [2.75, 3.05) is 26.3 Å². The summed E-state index contributed by atoms with van der Waals surface area (Å²) in [7, 11) is 0. The van der Waals surface area contributed by atoms with Gasteiger partial charge in [0, 0.05) is 18.6 Å². The summed E-state index contributed by atoms with van der Waals surface area (Å²) in [5, 5.41) is 14.9. The minimum absolute atomic E-state index is 0.0806. The number of aryl methyl sites for hydroxylation is 1. The zero-order valence-corrected chi connectivity index (χ0v) is 14.2. The van der Waals surface area contributed by atoms with Crippen molar-refractivity contribution < 1.29 is 14.6 Å². The lowest BCUT2D eigenvalue weighted by Gasteiger charge is -2.30. The van der Waals surface area contributed by atoms with E-state index in [0.717, 1.165) is 5.69 Å². The van der Waals surface area contributed by atoms with Crippen molar-refractivity contribution >= 4 is 5.91 Å². The summed E-state index contributed by atoms with van der Waals surface area (Å²) in [4.78, 5) is 14.5. The predicted octanol–water partition coefficient (Wildman–Crippen LogP) is 1.46. The molecule has 22 heavy (non-hydrogen) atoms. The molecule has 0 aromatic carbocycles. The van der Waals surface area contributed by atoms with Crippen LogP contribution in [0.5, 0.6) is 0 Å². The maximum atomic E-state index is 12.8. The van der Waals surface area contributed by atoms with Crippen LogP contribution < -0.4 is 0 Å². The van der Waals surface area contributed by atoms with E-state index < -0.39 is 5.60 Å². The van der Waals surface area contributed by atoms with Gasteiger partial charge in [0.2, 0.25) is 0 Å². The van der Waals surface area contributed by atoms with Crippen LogP contribution in [0, 0.1) is 12.3 Å². The van der Waals surface area contributed by atoms with Crippen LogP contribution >= 0.6 is 0 Å². The smallest absolute Gasteiger partial charge is 0.272 e. The van der Waals surface area contributed by atoms with Gasteiger partial charge >= 0.3 is 0 Å². The highest BCUT2D eigenvalue weighted by Gasteiger charge is 2.49. The Labute approximate surface area is 132 Å². The second-order valence-corrected chi connectivity index (χ2v) is 6.91. The number of hydrogen-bond acceptors (Lipinski definition) is 4. The Morgan fingerprint density at radius 1 is 1.41 bits per heavy atom. The van der Waals surface area contributed by atoms with Crippen LogP contribution in [-0.4, -0.2) is 57.6 Å². The molecule has 2 heterocycles. The number of nitrogens with zero attached hydrogens (tertiary/aromatic N) is 3. The zero-order chi connectivity index (χ0) is 16.5. The van der Waals surface area contributed by atoms with Crippen molar-refractivity contribution in [1.29, 1.82) is 0 Å². The number of likely N-dealkylation sites (tertiary alicyclic amines) is 1. The summed E-state index contributed by atoms with van der Waals surface area (Å²) in [6.07, 6.45) is 0. The fourth-order valence-electron chi connectivity index (χ4n) is 2.78. The number of rotatable bonds is 5. The normalized spacial score (nSPS) is 24.0. The lowest BCUT2D eigenvalue weighted by molar-refractivity contribution is -0.0108. The highest BCUT2D eigenvalue weighted by Crippen LogP contribution is 2.38. The van der Waals surface area contributed by atoms with Gasteiger partial charge in [0.25, 0.3) is 5.91 Å². The van der Waals surface area contributed by atoms with E-state index in [1.165, 1.54) is 0 Å². The SMILES string of the molecule is CCOCCn1nc(C)cc1C(=O)N1CC(C)(C)[C@](C)(O)C1. The topological polar surface area (TPSA) is 67.6 Å². The first-order valence-electron chi connectivity index (χ1n) is 7.82. The molecule has 0 spiro atoms. The average molecular weight is 309 g/mol. The molecule has 1 aromatic heterocycles. The van der Waals surface area contributed by atoms with Crippen LogP contribution in [0.4, 0.5) is 0 Å². The van der Waals surface area contributed by atoms with Gasteiger partial charge < -0.3 is 14.7 Å². The fraction of sp³-hybridized carbons (Fsp3) is 0.750. The van der Waals surface area contributed by atoms with Gasteiger partial charge in [-0.15, -0.1) is 0 Å². The molecule has 1 fully saturated rings. The molecule has 0 aliphatic carbocycles. The van der Waals surface area contributed by atoms with Gasteiger partial charge in [-0.2, -0.15) is 5.10 Å². The third kappa shape index (κ3) is 3.17. The van der Waals surface area contributed by atoms with Crippen molar-refractivity contribution in [2.45, 2.75) is 46.8 Å². The molecule has 0 bridgehead atoms. The molecule has 1 N–H and O–H groups in total. The highest BCUT2D eigenvalue weighted by atomic mass is 16.5. The molecule has 1 amide bonds. The molecule has 1 atom stereocenters. The molecular weight excluding hydrogens is 282 g/mol.